The van der Waals surface area contributed by atoms with Crippen molar-refractivity contribution in [2.45, 2.75) is 37.5 Å². The van der Waals surface area contributed by atoms with Crippen molar-refractivity contribution >= 4 is 27.6 Å². The Morgan fingerprint density at radius 3 is 2.60 bits per heavy atom. The van der Waals surface area contributed by atoms with Gasteiger partial charge in [0.1, 0.15) is 16.5 Å². The summed E-state index contributed by atoms with van der Waals surface area (Å²) in [7, 11) is -4.17. The van der Waals surface area contributed by atoms with Gasteiger partial charge in [-0.15, -0.1) is 0 Å². The first-order valence-electron chi connectivity index (χ1n) is 14.1. The summed E-state index contributed by atoms with van der Waals surface area (Å²) in [4.78, 5) is 26.4. The molecule has 3 aromatic rings. The van der Waals surface area contributed by atoms with E-state index < -0.39 is 21.8 Å². The van der Waals surface area contributed by atoms with Crippen LogP contribution in [0.15, 0.2) is 47.4 Å². The van der Waals surface area contributed by atoms with Crippen LogP contribution in [0.25, 0.3) is 5.69 Å². The molecule has 1 aromatic heterocycles. The van der Waals surface area contributed by atoms with Crippen LogP contribution in [-0.4, -0.2) is 79.5 Å². The number of nitrogens with zero attached hydrogens (tertiary/aromatic N) is 3. The Balaban J connectivity index is 1.46. The fraction of sp³-hybridized carbons (Fsp3) is 0.414. The Hall–Kier alpha value is -3.85. The number of aromatic carboxylic acids is 1. The van der Waals surface area contributed by atoms with Gasteiger partial charge in [-0.05, 0) is 69.1 Å². The molecule has 0 spiro atoms. The number of halogens is 1. The molecule has 0 atom stereocenters. The number of carboxylic acid groups (broad SMARTS) is 1. The van der Waals surface area contributed by atoms with E-state index in [9.17, 15) is 27.5 Å². The Kier molecular flexibility index (Phi) is 9.40. The van der Waals surface area contributed by atoms with E-state index in [0.29, 0.717) is 26.2 Å². The third-order valence-electron chi connectivity index (χ3n) is 7.55. The maximum Gasteiger partial charge on any atom is 0.356 e. The highest BCUT2D eigenvalue weighted by Crippen LogP contribution is 2.36. The topological polar surface area (TPSA) is 152 Å². The van der Waals surface area contributed by atoms with Crippen molar-refractivity contribution in [1.82, 2.24) is 19.4 Å². The fourth-order valence-corrected chi connectivity index (χ4v) is 6.12. The maximum absolute atomic E-state index is 14.1. The van der Waals surface area contributed by atoms with Crippen LogP contribution >= 0.6 is 0 Å². The Labute approximate surface area is 248 Å². The van der Waals surface area contributed by atoms with Gasteiger partial charge < -0.3 is 19.9 Å². The van der Waals surface area contributed by atoms with E-state index in [2.05, 4.69) is 20.0 Å². The molecule has 12 nitrogen and oxygen atoms in total. The van der Waals surface area contributed by atoms with E-state index in [4.69, 9.17) is 9.47 Å². The number of nitrogens with one attached hydrogen (secondary N) is 2. The standard InChI is InChI=1S/C29H34FN5O7S/c1-19-26(29(37)38)33-35(23-8-3-7-21(30)17-23)28(19)42-24-10-9-22(32-27(36)20-5-2-6-20)18-25(24)43(39,40)31-11-4-12-34-13-15-41-16-14-34/h3,7-10,17-18,20,31H,2,4-6,11-16H2,1H3,(H,32,36)(H,37,38). The summed E-state index contributed by atoms with van der Waals surface area (Å²) in [6.07, 6.45) is 3.08. The largest absolute Gasteiger partial charge is 0.476 e. The van der Waals surface area contributed by atoms with Gasteiger partial charge in [0.05, 0.1) is 18.9 Å². The van der Waals surface area contributed by atoms with Crippen molar-refractivity contribution in [2.75, 3.05) is 44.7 Å². The van der Waals surface area contributed by atoms with E-state index in [1.807, 2.05) is 0 Å². The number of hydrogen-bond acceptors (Lipinski definition) is 8. The summed E-state index contributed by atoms with van der Waals surface area (Å²) in [6.45, 7) is 5.15. The van der Waals surface area contributed by atoms with Crippen LogP contribution in [0.4, 0.5) is 10.1 Å². The average molecular weight is 616 g/mol. The highest BCUT2D eigenvalue weighted by atomic mass is 32.2. The molecule has 0 unspecified atom stereocenters. The molecule has 2 fully saturated rings. The number of ether oxygens (including phenoxy) is 2. The van der Waals surface area contributed by atoms with Crippen LogP contribution < -0.4 is 14.8 Å². The summed E-state index contributed by atoms with van der Waals surface area (Å²) in [5, 5.41) is 16.6. The number of carboxylic acids is 1. The summed E-state index contributed by atoms with van der Waals surface area (Å²) < 4.78 is 56.5. The van der Waals surface area contributed by atoms with Crippen LogP contribution in [0.2, 0.25) is 0 Å². The van der Waals surface area contributed by atoms with Gasteiger partial charge in [-0.2, -0.15) is 9.78 Å². The van der Waals surface area contributed by atoms with Crippen LogP contribution in [0.5, 0.6) is 11.6 Å². The van der Waals surface area contributed by atoms with Gasteiger partial charge >= 0.3 is 5.97 Å². The summed E-state index contributed by atoms with van der Waals surface area (Å²) in [5.74, 6) is -2.44. The minimum absolute atomic E-state index is 0.0991. The summed E-state index contributed by atoms with van der Waals surface area (Å²) in [5.41, 5.74) is 0.232. The zero-order valence-electron chi connectivity index (χ0n) is 23.7. The molecule has 5 rings (SSSR count). The number of amides is 1. The number of rotatable bonds is 12. The monoisotopic (exact) mass is 615 g/mol. The Bertz CT molecular complexity index is 1600. The van der Waals surface area contributed by atoms with E-state index in [-0.39, 0.29) is 57.5 Å². The zero-order chi connectivity index (χ0) is 30.6. The van der Waals surface area contributed by atoms with Gasteiger partial charge in [-0.1, -0.05) is 12.5 Å². The van der Waals surface area contributed by atoms with Gasteiger partial charge in [0.25, 0.3) is 0 Å². The molecule has 1 saturated carbocycles. The zero-order valence-corrected chi connectivity index (χ0v) is 24.5. The number of sulfonamides is 1. The first kappa shape index (κ1) is 30.6. The molecular formula is C29H34FN5O7S. The van der Waals surface area contributed by atoms with Gasteiger partial charge in [-0.3, -0.25) is 9.69 Å². The van der Waals surface area contributed by atoms with Gasteiger partial charge in [0, 0.05) is 36.8 Å². The first-order chi connectivity index (χ1) is 20.6. The number of benzene rings is 2. The SMILES string of the molecule is Cc1c(C(=O)O)nn(-c2cccc(F)c2)c1Oc1ccc(NC(=O)C2CCC2)cc1S(=O)(=O)NCCCN1CCOCC1. The van der Waals surface area contributed by atoms with Gasteiger partial charge in [-0.25, -0.2) is 22.3 Å². The third kappa shape index (κ3) is 7.21. The molecule has 230 valence electrons. The summed E-state index contributed by atoms with van der Waals surface area (Å²) >= 11 is 0. The fourth-order valence-electron chi connectivity index (χ4n) is 4.90. The highest BCUT2D eigenvalue weighted by molar-refractivity contribution is 7.89. The molecule has 0 radical (unpaired) electrons. The number of carbonyl (C=O) groups is 2. The normalized spacial score (nSPS) is 16.0. The van der Waals surface area contributed by atoms with Crippen molar-refractivity contribution in [1.29, 1.82) is 0 Å². The molecule has 2 heterocycles. The second-order valence-electron chi connectivity index (χ2n) is 10.6. The molecule has 2 aliphatic rings. The van der Waals surface area contributed by atoms with Crippen molar-refractivity contribution < 1.29 is 37.0 Å². The van der Waals surface area contributed by atoms with E-state index in [0.717, 1.165) is 43.1 Å². The molecule has 1 aliphatic heterocycles. The quantitative estimate of drug-likeness (QED) is 0.260. The first-order valence-corrected chi connectivity index (χ1v) is 15.6. The van der Waals surface area contributed by atoms with Crippen molar-refractivity contribution in [2.24, 2.45) is 5.92 Å². The lowest BCUT2D eigenvalue weighted by Crippen LogP contribution is -2.38. The smallest absolute Gasteiger partial charge is 0.356 e. The van der Waals surface area contributed by atoms with Crippen LogP contribution in [0.3, 0.4) is 0 Å². The second kappa shape index (κ2) is 13.2. The molecular weight excluding hydrogens is 581 g/mol. The van der Waals surface area contributed by atoms with E-state index in [1.54, 1.807) is 0 Å². The molecule has 3 N–H and O–H groups in total. The van der Waals surface area contributed by atoms with E-state index in [1.165, 1.54) is 43.3 Å². The molecule has 0 bridgehead atoms. The maximum atomic E-state index is 14.1. The number of carbonyl (C=O) groups excluding carboxylic acids is 1. The molecule has 14 heteroatoms. The second-order valence-corrected chi connectivity index (χ2v) is 12.3. The molecule has 1 aliphatic carbocycles. The van der Waals surface area contributed by atoms with Crippen molar-refractivity contribution in [3.05, 3.63) is 59.5 Å². The lowest BCUT2D eigenvalue weighted by atomic mass is 9.85. The highest BCUT2D eigenvalue weighted by Gasteiger charge is 2.28. The number of aromatic nitrogens is 2. The predicted molar refractivity (Wildman–Crippen MR) is 155 cm³/mol. The number of hydrogen-bond donors (Lipinski definition) is 3. The predicted octanol–water partition coefficient (Wildman–Crippen LogP) is 3.55. The lowest BCUT2D eigenvalue weighted by Gasteiger charge is -2.26. The summed E-state index contributed by atoms with van der Waals surface area (Å²) in [6, 6.07) is 9.54. The third-order valence-corrected chi connectivity index (χ3v) is 9.04. The number of anilines is 1. The van der Waals surface area contributed by atoms with Crippen molar-refractivity contribution in [3.8, 4) is 17.3 Å². The molecule has 43 heavy (non-hydrogen) atoms. The van der Waals surface area contributed by atoms with Crippen molar-refractivity contribution in [3.63, 3.8) is 0 Å². The lowest BCUT2D eigenvalue weighted by molar-refractivity contribution is -0.122. The minimum atomic E-state index is -4.17. The Morgan fingerprint density at radius 2 is 1.93 bits per heavy atom. The van der Waals surface area contributed by atoms with Crippen LogP contribution in [-0.2, 0) is 19.6 Å². The Morgan fingerprint density at radius 1 is 1.16 bits per heavy atom. The molecule has 2 aromatic carbocycles. The molecule has 1 amide bonds. The van der Waals surface area contributed by atoms with Crippen LogP contribution in [0, 0.1) is 18.7 Å². The van der Waals surface area contributed by atoms with Gasteiger partial charge in [0.15, 0.2) is 5.69 Å². The number of morpholine rings is 1. The minimum Gasteiger partial charge on any atom is -0.476 e. The van der Waals surface area contributed by atoms with Crippen LogP contribution in [0.1, 0.15) is 41.7 Å². The van der Waals surface area contributed by atoms with Gasteiger partial charge in [0.2, 0.25) is 21.8 Å². The average Bonchev–Trinajstić information content (AvgIpc) is 3.27. The van der Waals surface area contributed by atoms with E-state index >= 15 is 0 Å². The molecule has 1 saturated heterocycles.